The second-order valence-electron chi connectivity index (χ2n) is 2.91. The first kappa shape index (κ1) is 6.19. The number of hydrogen-bond acceptors (Lipinski definition) is 0. The van der Waals surface area contributed by atoms with Gasteiger partial charge in [0.1, 0.15) is 0 Å². The van der Waals surface area contributed by atoms with Crippen LogP contribution in [0, 0.1) is 0 Å². The Hall–Kier alpha value is 0.195. The standard InChI is InChI=1S/C3H11B3/c1-2-3(4,5)6/h2,4-6H2,1H3. The fourth-order valence-electron chi connectivity index (χ4n) is 0. The van der Waals surface area contributed by atoms with E-state index in [1.165, 1.54) is 6.42 Å². The van der Waals surface area contributed by atoms with Crippen molar-refractivity contribution >= 4 is 23.5 Å². The normalized spacial score (nSPS) is 11.5. The first-order valence-electron chi connectivity index (χ1n) is 2.56. The van der Waals surface area contributed by atoms with Crippen molar-refractivity contribution in [1.82, 2.24) is 0 Å². The van der Waals surface area contributed by atoms with Gasteiger partial charge in [0, 0.05) is 0 Å². The van der Waals surface area contributed by atoms with Crippen LogP contribution in [0.3, 0.4) is 0 Å². The van der Waals surface area contributed by atoms with Crippen LogP contribution in [0.5, 0.6) is 0 Å². The Kier molecular flexibility index (Phi) is 1.82. The fraction of sp³-hybridized carbons (Fsp3) is 1.00. The van der Waals surface area contributed by atoms with E-state index in [9.17, 15) is 0 Å². The lowest BCUT2D eigenvalue weighted by Gasteiger charge is -2.11. The quantitative estimate of drug-likeness (QED) is 0.331. The van der Waals surface area contributed by atoms with Crippen molar-refractivity contribution in [3.05, 3.63) is 0 Å². The summed E-state index contributed by atoms with van der Waals surface area (Å²) in [6.45, 7) is 2.21. The second kappa shape index (κ2) is 1.77. The van der Waals surface area contributed by atoms with Crippen LogP contribution in [-0.4, -0.2) is 23.5 Å². The molecule has 0 bridgehead atoms. The summed E-state index contributed by atoms with van der Waals surface area (Å²) in [5.74, 6) is 0. The van der Waals surface area contributed by atoms with E-state index in [1.807, 2.05) is 0 Å². The van der Waals surface area contributed by atoms with Gasteiger partial charge in [-0.1, -0.05) is 13.3 Å². The summed E-state index contributed by atoms with van der Waals surface area (Å²) < 4.78 is 0. The minimum atomic E-state index is 0.542. The third-order valence-corrected chi connectivity index (χ3v) is 1.06. The summed E-state index contributed by atoms with van der Waals surface area (Å²) in [5, 5.41) is 0.542. The summed E-state index contributed by atoms with van der Waals surface area (Å²) in [5.41, 5.74) is 0. The molecule has 0 spiro atoms. The zero-order valence-corrected chi connectivity index (χ0v) is 5.21. The Morgan fingerprint density at radius 1 is 1.33 bits per heavy atom. The highest BCUT2D eigenvalue weighted by molar-refractivity contribution is 6.58. The first-order chi connectivity index (χ1) is 2.56. The van der Waals surface area contributed by atoms with Gasteiger partial charge >= 0.3 is 0 Å². The maximum atomic E-state index is 2.24. The molecule has 32 valence electrons. The molecule has 0 amide bonds. The Morgan fingerprint density at radius 2 is 1.50 bits per heavy atom. The zero-order chi connectivity index (χ0) is 5.21. The van der Waals surface area contributed by atoms with Gasteiger partial charge in [0.25, 0.3) is 0 Å². The van der Waals surface area contributed by atoms with E-state index < -0.39 is 0 Å². The van der Waals surface area contributed by atoms with Crippen molar-refractivity contribution in [2.45, 2.75) is 18.5 Å². The summed E-state index contributed by atoms with van der Waals surface area (Å²) >= 11 is 0. The Labute approximate surface area is 42.9 Å². The Morgan fingerprint density at radius 3 is 1.50 bits per heavy atom. The maximum absolute atomic E-state index is 2.24. The topological polar surface area (TPSA) is 0 Å². The van der Waals surface area contributed by atoms with Gasteiger partial charge in [-0.2, -0.15) is 0 Å². The molecule has 0 atom stereocenters. The third-order valence-electron chi connectivity index (χ3n) is 1.06. The molecular weight excluding hydrogens is 68.5 g/mol. The molecular formula is C3H11B3. The van der Waals surface area contributed by atoms with Crippen LogP contribution in [0.25, 0.3) is 0 Å². The van der Waals surface area contributed by atoms with Crippen LogP contribution in [0.4, 0.5) is 0 Å². The van der Waals surface area contributed by atoms with Crippen LogP contribution < -0.4 is 0 Å². The molecule has 0 heterocycles. The summed E-state index contributed by atoms with van der Waals surface area (Å²) in [6.07, 6.45) is 1.27. The van der Waals surface area contributed by atoms with Crippen molar-refractivity contribution < 1.29 is 0 Å². The van der Waals surface area contributed by atoms with E-state index in [4.69, 9.17) is 0 Å². The SMILES string of the molecule is BC(B)(B)CC. The highest BCUT2D eigenvalue weighted by atomic mass is 13.8. The van der Waals surface area contributed by atoms with Gasteiger partial charge in [-0.15, -0.1) is 5.11 Å². The lowest BCUT2D eigenvalue weighted by atomic mass is 9.42. The third kappa shape index (κ3) is 4.19. The van der Waals surface area contributed by atoms with E-state index in [0.29, 0.717) is 5.11 Å². The number of hydrogen-bond donors (Lipinski definition) is 0. The van der Waals surface area contributed by atoms with Gasteiger partial charge in [-0.25, -0.2) is 0 Å². The lowest BCUT2D eigenvalue weighted by Crippen LogP contribution is -2.09. The second-order valence-corrected chi connectivity index (χ2v) is 2.91. The molecule has 0 unspecified atom stereocenters. The molecule has 0 N–H and O–H groups in total. The molecule has 0 aromatic heterocycles. The molecule has 6 heavy (non-hydrogen) atoms. The molecule has 0 saturated heterocycles. The van der Waals surface area contributed by atoms with E-state index in [0.717, 1.165) is 0 Å². The average molecular weight is 79.6 g/mol. The van der Waals surface area contributed by atoms with E-state index in [1.54, 1.807) is 0 Å². The maximum Gasteiger partial charge on any atom is 0.0908 e. The van der Waals surface area contributed by atoms with Crippen molar-refractivity contribution in [3.63, 3.8) is 0 Å². The molecule has 0 radical (unpaired) electrons. The highest BCUT2D eigenvalue weighted by Gasteiger charge is 2.04. The Balaban J connectivity index is 3.17. The van der Waals surface area contributed by atoms with Crippen LogP contribution in [0.15, 0.2) is 0 Å². The molecule has 0 nitrogen and oxygen atoms in total. The minimum absolute atomic E-state index is 0.542. The van der Waals surface area contributed by atoms with Gasteiger partial charge in [0.05, 0.1) is 23.5 Å². The molecule has 0 rings (SSSR count). The molecule has 0 aliphatic heterocycles. The molecule has 0 aliphatic rings. The van der Waals surface area contributed by atoms with Gasteiger partial charge in [0.2, 0.25) is 0 Å². The zero-order valence-electron chi connectivity index (χ0n) is 5.21. The van der Waals surface area contributed by atoms with Crippen molar-refractivity contribution in [1.29, 1.82) is 0 Å². The molecule has 0 aromatic rings. The predicted octanol–water partition coefficient (Wildman–Crippen LogP) is -1.63. The molecule has 0 fully saturated rings. The first-order valence-corrected chi connectivity index (χ1v) is 2.56. The number of rotatable bonds is 1. The van der Waals surface area contributed by atoms with Gasteiger partial charge in [-0.3, -0.25) is 0 Å². The average Bonchev–Trinajstić information content (AvgIpc) is 1.35. The van der Waals surface area contributed by atoms with Crippen LogP contribution >= 0.6 is 0 Å². The summed E-state index contributed by atoms with van der Waals surface area (Å²) in [7, 11) is 6.73. The van der Waals surface area contributed by atoms with Crippen molar-refractivity contribution in [2.75, 3.05) is 0 Å². The van der Waals surface area contributed by atoms with Crippen LogP contribution in [0.2, 0.25) is 5.11 Å². The lowest BCUT2D eigenvalue weighted by molar-refractivity contribution is 0.957. The molecule has 0 aromatic carbocycles. The van der Waals surface area contributed by atoms with Gasteiger partial charge in [-0.05, 0) is 0 Å². The van der Waals surface area contributed by atoms with Crippen LogP contribution in [-0.2, 0) is 0 Å². The van der Waals surface area contributed by atoms with Crippen LogP contribution in [0.1, 0.15) is 13.3 Å². The monoisotopic (exact) mass is 80.1 g/mol. The smallest absolute Gasteiger partial charge is 0.0908 e. The van der Waals surface area contributed by atoms with Crippen molar-refractivity contribution in [3.8, 4) is 0 Å². The minimum Gasteiger partial charge on any atom is -0.112 e. The Bertz CT molecular complexity index is 35.8. The van der Waals surface area contributed by atoms with Gasteiger partial charge < -0.3 is 0 Å². The molecule has 0 aliphatic carbocycles. The van der Waals surface area contributed by atoms with E-state index >= 15 is 0 Å². The summed E-state index contributed by atoms with van der Waals surface area (Å²) in [4.78, 5) is 0. The fourth-order valence-corrected chi connectivity index (χ4v) is 0. The summed E-state index contributed by atoms with van der Waals surface area (Å²) in [6, 6.07) is 0. The highest BCUT2D eigenvalue weighted by Crippen LogP contribution is 2.11. The predicted molar refractivity (Wildman–Crippen MR) is 38.6 cm³/mol. The van der Waals surface area contributed by atoms with Crippen molar-refractivity contribution in [2.24, 2.45) is 0 Å². The molecule has 0 saturated carbocycles. The van der Waals surface area contributed by atoms with E-state index in [2.05, 4.69) is 30.5 Å². The molecule has 3 heteroatoms. The largest absolute Gasteiger partial charge is 0.112 e. The van der Waals surface area contributed by atoms with Gasteiger partial charge in [0.15, 0.2) is 0 Å². The van der Waals surface area contributed by atoms with E-state index in [-0.39, 0.29) is 0 Å².